The average molecular weight is 300 g/mol. The lowest BCUT2D eigenvalue weighted by atomic mass is 10.00. The Hall–Kier alpha value is -0.980. The second-order valence-corrected chi connectivity index (χ2v) is 7.07. The van der Waals surface area contributed by atoms with E-state index in [1.165, 1.54) is 22.5 Å². The zero-order valence-corrected chi connectivity index (χ0v) is 12.5. The van der Waals surface area contributed by atoms with Crippen molar-refractivity contribution in [1.29, 1.82) is 0 Å². The summed E-state index contributed by atoms with van der Waals surface area (Å²) in [6, 6.07) is 5.22. The maximum Gasteiger partial charge on any atom is 0.243 e. The standard InChI is InChI=1S/C14H21FN2O2S/c1-2-16-10-12-5-4-8-17(11-12)20(18,19)14-7-3-6-13(15)9-14/h3,6-7,9,12,16H,2,4-5,8,10-11H2,1H3. The normalized spacial score (nSPS) is 21.0. The topological polar surface area (TPSA) is 49.4 Å². The third-order valence-corrected chi connectivity index (χ3v) is 5.46. The summed E-state index contributed by atoms with van der Waals surface area (Å²) in [5.74, 6) is -0.195. The number of benzene rings is 1. The number of hydrogen-bond donors (Lipinski definition) is 1. The average Bonchev–Trinajstić information content (AvgIpc) is 2.45. The van der Waals surface area contributed by atoms with Crippen molar-refractivity contribution in [2.45, 2.75) is 24.7 Å². The Bertz CT molecular complexity index is 548. The first-order valence-corrected chi connectivity index (χ1v) is 8.44. The minimum Gasteiger partial charge on any atom is -0.317 e. The Morgan fingerprint density at radius 1 is 1.45 bits per heavy atom. The van der Waals surface area contributed by atoms with E-state index < -0.39 is 15.8 Å². The molecule has 1 fully saturated rings. The molecule has 0 saturated carbocycles. The summed E-state index contributed by atoms with van der Waals surface area (Å²) in [4.78, 5) is 0.0431. The smallest absolute Gasteiger partial charge is 0.243 e. The molecular formula is C14H21FN2O2S. The molecule has 1 heterocycles. The maximum atomic E-state index is 13.2. The number of nitrogens with zero attached hydrogens (tertiary/aromatic N) is 1. The van der Waals surface area contributed by atoms with Gasteiger partial charge in [0.1, 0.15) is 5.82 Å². The largest absolute Gasteiger partial charge is 0.317 e. The van der Waals surface area contributed by atoms with Crippen molar-refractivity contribution < 1.29 is 12.8 Å². The van der Waals surface area contributed by atoms with Gasteiger partial charge in [0.15, 0.2) is 0 Å². The molecule has 0 radical (unpaired) electrons. The quantitative estimate of drug-likeness (QED) is 0.902. The van der Waals surface area contributed by atoms with Crippen molar-refractivity contribution in [2.24, 2.45) is 5.92 Å². The number of halogens is 1. The van der Waals surface area contributed by atoms with Gasteiger partial charge >= 0.3 is 0 Å². The number of hydrogen-bond acceptors (Lipinski definition) is 3. The molecule has 6 heteroatoms. The SMILES string of the molecule is CCNCC1CCCN(S(=O)(=O)c2cccc(F)c2)C1. The molecule has 1 aliphatic heterocycles. The number of nitrogens with one attached hydrogen (secondary N) is 1. The third kappa shape index (κ3) is 3.56. The molecule has 1 unspecified atom stereocenters. The molecule has 1 atom stereocenters. The Morgan fingerprint density at radius 2 is 2.25 bits per heavy atom. The molecule has 20 heavy (non-hydrogen) atoms. The van der Waals surface area contributed by atoms with Crippen molar-refractivity contribution in [3.05, 3.63) is 30.1 Å². The molecule has 0 spiro atoms. The summed E-state index contributed by atoms with van der Waals surface area (Å²) in [6.07, 6.45) is 1.88. The highest BCUT2D eigenvalue weighted by atomic mass is 32.2. The second kappa shape index (κ2) is 6.65. The fourth-order valence-corrected chi connectivity index (χ4v) is 4.12. The summed E-state index contributed by atoms with van der Waals surface area (Å²) < 4.78 is 39.7. The molecule has 4 nitrogen and oxygen atoms in total. The van der Waals surface area contributed by atoms with Gasteiger partial charge in [-0.1, -0.05) is 13.0 Å². The molecule has 0 aromatic heterocycles. The van der Waals surface area contributed by atoms with E-state index in [-0.39, 0.29) is 4.90 Å². The molecule has 2 rings (SSSR count). The van der Waals surface area contributed by atoms with Crippen LogP contribution in [0.2, 0.25) is 0 Å². The van der Waals surface area contributed by atoms with Crippen molar-refractivity contribution in [3.63, 3.8) is 0 Å². The summed E-state index contributed by atoms with van der Waals surface area (Å²) >= 11 is 0. The summed E-state index contributed by atoms with van der Waals surface area (Å²) in [5.41, 5.74) is 0. The van der Waals surface area contributed by atoms with Crippen LogP contribution in [0.4, 0.5) is 4.39 Å². The van der Waals surface area contributed by atoms with Crippen molar-refractivity contribution in [3.8, 4) is 0 Å². The molecule has 1 aliphatic rings. The van der Waals surface area contributed by atoms with Gasteiger partial charge in [-0.2, -0.15) is 4.31 Å². The van der Waals surface area contributed by atoms with Crippen LogP contribution in [0, 0.1) is 11.7 Å². The Kier molecular flexibility index (Phi) is 5.12. The lowest BCUT2D eigenvalue weighted by molar-refractivity contribution is 0.261. The fraction of sp³-hybridized carbons (Fsp3) is 0.571. The van der Waals surface area contributed by atoms with Gasteiger partial charge in [-0.15, -0.1) is 0 Å². The lowest BCUT2D eigenvalue weighted by Crippen LogP contribution is -2.42. The van der Waals surface area contributed by atoms with Crippen LogP contribution < -0.4 is 5.32 Å². The second-order valence-electron chi connectivity index (χ2n) is 5.14. The predicted octanol–water partition coefficient (Wildman–Crippen LogP) is 1.84. The van der Waals surface area contributed by atoms with E-state index in [4.69, 9.17) is 0 Å². The van der Waals surface area contributed by atoms with E-state index in [1.54, 1.807) is 0 Å². The van der Waals surface area contributed by atoms with Gasteiger partial charge in [0.05, 0.1) is 4.90 Å². The monoisotopic (exact) mass is 300 g/mol. The minimum absolute atomic E-state index is 0.0431. The minimum atomic E-state index is -3.58. The Balaban J connectivity index is 2.13. The van der Waals surface area contributed by atoms with Gasteiger partial charge in [-0.05, 0) is 50.0 Å². The van der Waals surface area contributed by atoms with E-state index >= 15 is 0 Å². The van der Waals surface area contributed by atoms with Crippen molar-refractivity contribution >= 4 is 10.0 Å². The first-order valence-electron chi connectivity index (χ1n) is 7.00. The third-order valence-electron chi connectivity index (χ3n) is 3.60. The number of sulfonamides is 1. The van der Waals surface area contributed by atoms with Gasteiger partial charge < -0.3 is 5.32 Å². The van der Waals surface area contributed by atoms with E-state index in [0.29, 0.717) is 19.0 Å². The molecule has 0 amide bonds. The van der Waals surface area contributed by atoms with Crippen LogP contribution in [-0.2, 0) is 10.0 Å². The van der Waals surface area contributed by atoms with Crippen molar-refractivity contribution in [1.82, 2.24) is 9.62 Å². The van der Waals surface area contributed by atoms with Crippen LogP contribution in [0.25, 0.3) is 0 Å². The maximum absolute atomic E-state index is 13.2. The molecule has 0 aliphatic carbocycles. The fourth-order valence-electron chi connectivity index (χ4n) is 2.54. The van der Waals surface area contributed by atoms with Gasteiger partial charge in [0, 0.05) is 13.1 Å². The van der Waals surface area contributed by atoms with E-state index in [2.05, 4.69) is 5.32 Å². The van der Waals surface area contributed by atoms with Gasteiger partial charge in [0.25, 0.3) is 0 Å². The van der Waals surface area contributed by atoms with Gasteiger partial charge in [0.2, 0.25) is 10.0 Å². The van der Waals surface area contributed by atoms with Crippen LogP contribution in [-0.4, -0.2) is 38.9 Å². The highest BCUT2D eigenvalue weighted by Crippen LogP contribution is 2.23. The molecular weight excluding hydrogens is 279 g/mol. The zero-order valence-electron chi connectivity index (χ0n) is 11.7. The van der Waals surface area contributed by atoms with E-state index in [9.17, 15) is 12.8 Å². The lowest BCUT2D eigenvalue weighted by Gasteiger charge is -2.32. The highest BCUT2D eigenvalue weighted by Gasteiger charge is 2.30. The number of piperidine rings is 1. The molecule has 1 N–H and O–H groups in total. The first-order chi connectivity index (χ1) is 9.54. The predicted molar refractivity (Wildman–Crippen MR) is 76.4 cm³/mol. The van der Waals surface area contributed by atoms with Crippen LogP contribution in [0.15, 0.2) is 29.2 Å². The molecule has 1 aromatic rings. The Morgan fingerprint density at radius 3 is 2.95 bits per heavy atom. The van der Waals surface area contributed by atoms with Crippen LogP contribution in [0.3, 0.4) is 0 Å². The van der Waals surface area contributed by atoms with Crippen LogP contribution >= 0.6 is 0 Å². The van der Waals surface area contributed by atoms with Gasteiger partial charge in [-0.25, -0.2) is 12.8 Å². The summed E-state index contributed by atoms with van der Waals surface area (Å²) in [5, 5.41) is 3.26. The summed E-state index contributed by atoms with van der Waals surface area (Å²) in [7, 11) is -3.58. The molecule has 1 saturated heterocycles. The van der Waals surface area contributed by atoms with Crippen molar-refractivity contribution in [2.75, 3.05) is 26.2 Å². The molecule has 1 aromatic carbocycles. The van der Waals surface area contributed by atoms with Crippen LogP contribution in [0.5, 0.6) is 0 Å². The first kappa shape index (κ1) is 15.4. The van der Waals surface area contributed by atoms with E-state index in [1.807, 2.05) is 6.92 Å². The number of rotatable bonds is 5. The Labute approximate surface area is 120 Å². The summed E-state index contributed by atoms with van der Waals surface area (Å²) in [6.45, 7) is 4.76. The van der Waals surface area contributed by atoms with E-state index in [0.717, 1.165) is 32.0 Å². The highest BCUT2D eigenvalue weighted by molar-refractivity contribution is 7.89. The zero-order chi connectivity index (χ0) is 14.6. The molecule has 0 bridgehead atoms. The van der Waals surface area contributed by atoms with Gasteiger partial charge in [-0.3, -0.25) is 0 Å². The van der Waals surface area contributed by atoms with Crippen LogP contribution in [0.1, 0.15) is 19.8 Å². The molecule has 112 valence electrons.